The second kappa shape index (κ2) is 12.0. The van der Waals surface area contributed by atoms with E-state index >= 15 is 0 Å². The van der Waals surface area contributed by atoms with Crippen LogP contribution in [0.1, 0.15) is 44.4 Å². The predicted molar refractivity (Wildman–Crippen MR) is 118 cm³/mol. The molecule has 0 bridgehead atoms. The quantitative estimate of drug-likeness (QED) is 0.487. The van der Waals surface area contributed by atoms with Crippen LogP contribution in [0.15, 0.2) is 60.7 Å². The highest BCUT2D eigenvalue weighted by molar-refractivity contribution is 7.54. The van der Waals surface area contributed by atoms with Crippen molar-refractivity contribution in [1.29, 1.82) is 0 Å². The number of nitrogens with zero attached hydrogens (tertiary/aromatic N) is 1. The summed E-state index contributed by atoms with van der Waals surface area (Å²) >= 11 is 0. The fraction of sp³-hybridized carbons (Fsp3) is 0.435. The maximum atomic E-state index is 13.4. The third-order valence-electron chi connectivity index (χ3n) is 4.88. The lowest BCUT2D eigenvalue weighted by molar-refractivity contribution is -0.135. The van der Waals surface area contributed by atoms with E-state index < -0.39 is 19.3 Å². The molecule has 2 atom stereocenters. The number of benzene rings is 2. The number of amides is 1. The predicted octanol–water partition coefficient (Wildman–Crippen LogP) is 4.79. The Morgan fingerprint density at radius 2 is 1.53 bits per heavy atom. The lowest BCUT2D eigenvalue weighted by Gasteiger charge is -2.33. The van der Waals surface area contributed by atoms with Crippen LogP contribution in [0.25, 0.3) is 0 Å². The Morgan fingerprint density at radius 1 is 1.00 bits per heavy atom. The highest BCUT2D eigenvalue weighted by Gasteiger charge is 2.36. The minimum atomic E-state index is -3.41. The van der Waals surface area contributed by atoms with Crippen LogP contribution in [-0.2, 0) is 25.0 Å². The van der Waals surface area contributed by atoms with Gasteiger partial charge in [0, 0.05) is 13.0 Å². The minimum absolute atomic E-state index is 0.00650. The van der Waals surface area contributed by atoms with Crippen LogP contribution in [0.5, 0.6) is 0 Å². The van der Waals surface area contributed by atoms with E-state index in [1.54, 1.807) is 25.7 Å². The molecule has 2 aromatic rings. The van der Waals surface area contributed by atoms with E-state index in [4.69, 9.17) is 9.05 Å². The van der Waals surface area contributed by atoms with Crippen molar-refractivity contribution >= 4 is 13.5 Å². The molecule has 0 saturated carbocycles. The molecule has 30 heavy (non-hydrogen) atoms. The SMILES string of the molecule is CCOP(=O)(OCC)[C@H](C)CC(=O)N(Cc1ccccc1)[C@@H](CO)c1ccccc1. The Balaban J connectivity index is 2.30. The summed E-state index contributed by atoms with van der Waals surface area (Å²) < 4.78 is 23.9. The average Bonchev–Trinajstić information content (AvgIpc) is 2.75. The van der Waals surface area contributed by atoms with Crippen molar-refractivity contribution in [2.24, 2.45) is 0 Å². The van der Waals surface area contributed by atoms with Gasteiger partial charge >= 0.3 is 7.60 Å². The first kappa shape index (κ1) is 24.3. The molecule has 1 N–H and O–H groups in total. The summed E-state index contributed by atoms with van der Waals surface area (Å²) in [5, 5.41) is 10.1. The molecule has 7 heteroatoms. The molecule has 6 nitrogen and oxygen atoms in total. The van der Waals surface area contributed by atoms with Gasteiger partial charge < -0.3 is 19.1 Å². The third kappa shape index (κ3) is 6.51. The van der Waals surface area contributed by atoms with E-state index in [-0.39, 0.29) is 32.1 Å². The Hall–Kier alpha value is -1.98. The molecule has 2 rings (SSSR count). The van der Waals surface area contributed by atoms with Crippen molar-refractivity contribution in [1.82, 2.24) is 4.90 Å². The molecule has 0 aliphatic carbocycles. The zero-order valence-electron chi connectivity index (χ0n) is 17.9. The van der Waals surface area contributed by atoms with Crippen LogP contribution in [0, 0.1) is 0 Å². The fourth-order valence-corrected chi connectivity index (χ4v) is 5.03. The summed E-state index contributed by atoms with van der Waals surface area (Å²) in [6.07, 6.45) is -0.00650. The third-order valence-corrected chi connectivity index (χ3v) is 7.38. The van der Waals surface area contributed by atoms with Crippen LogP contribution in [0.4, 0.5) is 0 Å². The van der Waals surface area contributed by atoms with Crippen molar-refractivity contribution in [2.45, 2.75) is 45.4 Å². The summed E-state index contributed by atoms with van der Waals surface area (Å²) in [7, 11) is -3.41. The molecule has 0 radical (unpaired) electrons. The Morgan fingerprint density at radius 3 is 2.03 bits per heavy atom. The number of carbonyl (C=O) groups excluding carboxylic acids is 1. The highest BCUT2D eigenvalue weighted by atomic mass is 31.2. The molecule has 0 fully saturated rings. The molecule has 2 aromatic carbocycles. The summed E-state index contributed by atoms with van der Waals surface area (Å²) in [6, 6.07) is 18.5. The van der Waals surface area contributed by atoms with Gasteiger partial charge in [-0.2, -0.15) is 0 Å². The Kier molecular flexibility index (Phi) is 9.73. The van der Waals surface area contributed by atoms with E-state index in [0.29, 0.717) is 6.54 Å². The van der Waals surface area contributed by atoms with Gasteiger partial charge in [-0.1, -0.05) is 67.6 Å². The van der Waals surface area contributed by atoms with Gasteiger partial charge in [-0.3, -0.25) is 9.36 Å². The topological polar surface area (TPSA) is 76.1 Å². The molecule has 0 unspecified atom stereocenters. The average molecular weight is 433 g/mol. The summed E-state index contributed by atoms with van der Waals surface area (Å²) in [5.74, 6) is -0.214. The number of rotatable bonds is 12. The normalized spacial score (nSPS) is 13.6. The van der Waals surface area contributed by atoms with E-state index in [1.807, 2.05) is 60.7 Å². The van der Waals surface area contributed by atoms with Crippen LogP contribution >= 0.6 is 7.60 Å². The van der Waals surface area contributed by atoms with Crippen LogP contribution < -0.4 is 0 Å². The van der Waals surface area contributed by atoms with Gasteiger partial charge in [-0.05, 0) is 25.0 Å². The standard InChI is InChI=1S/C23H32NO5P/c1-4-28-30(27,29-5-2)19(3)16-23(26)24(17-20-12-8-6-9-13-20)22(18-25)21-14-10-7-11-15-21/h6-15,19,22,25H,4-5,16-18H2,1-3H3/t19-,22+/m1/s1. The molecule has 0 aliphatic heterocycles. The lowest BCUT2D eigenvalue weighted by Crippen LogP contribution is -2.37. The van der Waals surface area contributed by atoms with Crippen molar-refractivity contribution in [2.75, 3.05) is 19.8 Å². The molecular weight excluding hydrogens is 401 g/mol. The van der Waals surface area contributed by atoms with Gasteiger partial charge in [0.2, 0.25) is 5.91 Å². The first-order valence-corrected chi connectivity index (χ1v) is 11.9. The zero-order valence-corrected chi connectivity index (χ0v) is 18.8. The molecular formula is C23H32NO5P. The van der Waals surface area contributed by atoms with Gasteiger partial charge in [0.1, 0.15) is 0 Å². The van der Waals surface area contributed by atoms with Crippen LogP contribution in [0.2, 0.25) is 0 Å². The second-order valence-electron chi connectivity index (χ2n) is 7.04. The number of hydrogen-bond acceptors (Lipinski definition) is 5. The van der Waals surface area contributed by atoms with Crippen molar-refractivity contribution in [3.05, 3.63) is 71.8 Å². The van der Waals surface area contributed by atoms with Crippen LogP contribution in [-0.4, -0.2) is 41.4 Å². The van der Waals surface area contributed by atoms with Crippen LogP contribution in [0.3, 0.4) is 0 Å². The van der Waals surface area contributed by atoms with Gasteiger partial charge in [0.25, 0.3) is 0 Å². The maximum absolute atomic E-state index is 13.4. The molecule has 0 heterocycles. The van der Waals surface area contributed by atoms with Crippen molar-refractivity contribution in [3.8, 4) is 0 Å². The molecule has 0 aromatic heterocycles. The first-order chi connectivity index (χ1) is 14.4. The molecule has 0 spiro atoms. The van der Waals surface area contributed by atoms with E-state index in [0.717, 1.165) is 11.1 Å². The molecule has 164 valence electrons. The van der Waals surface area contributed by atoms with Gasteiger partial charge in [0.05, 0.1) is 31.5 Å². The second-order valence-corrected chi connectivity index (χ2v) is 9.52. The van der Waals surface area contributed by atoms with E-state index in [1.165, 1.54) is 0 Å². The first-order valence-electron chi connectivity index (χ1n) is 10.3. The summed E-state index contributed by atoms with van der Waals surface area (Å²) in [5.41, 5.74) is 1.19. The van der Waals surface area contributed by atoms with E-state index in [2.05, 4.69) is 0 Å². The van der Waals surface area contributed by atoms with E-state index in [9.17, 15) is 14.5 Å². The van der Waals surface area contributed by atoms with Gasteiger partial charge in [-0.15, -0.1) is 0 Å². The summed E-state index contributed by atoms with van der Waals surface area (Å²) in [6.45, 7) is 5.81. The lowest BCUT2D eigenvalue weighted by atomic mass is 10.0. The number of aliphatic hydroxyl groups excluding tert-OH is 1. The smallest absolute Gasteiger partial charge is 0.333 e. The minimum Gasteiger partial charge on any atom is -0.394 e. The number of carbonyl (C=O) groups is 1. The number of aliphatic hydroxyl groups is 1. The van der Waals surface area contributed by atoms with Gasteiger partial charge in [0.15, 0.2) is 0 Å². The zero-order chi connectivity index (χ0) is 22.0. The Labute approximate surface area is 179 Å². The molecule has 0 saturated heterocycles. The Bertz CT molecular complexity index is 805. The van der Waals surface area contributed by atoms with Crippen molar-refractivity contribution < 1.29 is 23.5 Å². The molecule has 1 amide bonds. The summed E-state index contributed by atoms with van der Waals surface area (Å²) in [4.78, 5) is 15.0. The largest absolute Gasteiger partial charge is 0.394 e. The monoisotopic (exact) mass is 433 g/mol. The molecule has 0 aliphatic rings. The van der Waals surface area contributed by atoms with Gasteiger partial charge in [-0.25, -0.2) is 0 Å². The fourth-order valence-electron chi connectivity index (χ4n) is 3.34. The number of hydrogen-bond donors (Lipinski definition) is 1. The highest BCUT2D eigenvalue weighted by Crippen LogP contribution is 2.54. The maximum Gasteiger partial charge on any atom is 0.333 e. The van der Waals surface area contributed by atoms with Crippen molar-refractivity contribution in [3.63, 3.8) is 0 Å².